The summed E-state index contributed by atoms with van der Waals surface area (Å²) in [7, 11) is 0. The number of carbonyl (C=O) groups is 1. The molecule has 0 bridgehead atoms. The topological polar surface area (TPSA) is 37.3 Å². The molecular formula is C13H20O2. The first-order valence-electron chi connectivity index (χ1n) is 5.62. The van der Waals surface area contributed by atoms with Crippen LogP contribution in [0.5, 0.6) is 0 Å². The van der Waals surface area contributed by atoms with E-state index in [0.717, 1.165) is 24.8 Å². The van der Waals surface area contributed by atoms with Crippen LogP contribution in [0.4, 0.5) is 0 Å². The van der Waals surface area contributed by atoms with Gasteiger partial charge in [0.1, 0.15) is 0 Å². The summed E-state index contributed by atoms with van der Waals surface area (Å²) in [6.07, 6.45) is 7.18. The van der Waals surface area contributed by atoms with Crippen LogP contribution in [0.15, 0.2) is 23.3 Å². The van der Waals surface area contributed by atoms with Crippen molar-refractivity contribution in [1.82, 2.24) is 0 Å². The van der Waals surface area contributed by atoms with Crippen LogP contribution in [0.1, 0.15) is 40.0 Å². The summed E-state index contributed by atoms with van der Waals surface area (Å²) in [4.78, 5) is 10.8. The molecular weight excluding hydrogens is 188 g/mol. The zero-order valence-electron chi connectivity index (χ0n) is 9.79. The van der Waals surface area contributed by atoms with Gasteiger partial charge in [-0.25, -0.2) is 0 Å². The maximum absolute atomic E-state index is 10.8. The number of aliphatic carboxylic acids is 1. The van der Waals surface area contributed by atoms with Gasteiger partial charge in [-0.1, -0.05) is 37.1 Å². The molecule has 1 aliphatic rings. The van der Waals surface area contributed by atoms with Crippen LogP contribution >= 0.6 is 0 Å². The molecule has 0 amide bonds. The Hall–Kier alpha value is -1.05. The maximum Gasteiger partial charge on any atom is 0.310 e. The second kappa shape index (κ2) is 5.15. The van der Waals surface area contributed by atoms with Crippen molar-refractivity contribution in [2.24, 2.45) is 11.8 Å². The van der Waals surface area contributed by atoms with E-state index in [2.05, 4.69) is 19.9 Å². The third kappa shape index (κ3) is 3.54. The summed E-state index contributed by atoms with van der Waals surface area (Å²) >= 11 is 0. The fraction of sp³-hybridized carbons (Fsp3) is 0.615. The van der Waals surface area contributed by atoms with Crippen LogP contribution < -0.4 is 0 Å². The van der Waals surface area contributed by atoms with E-state index < -0.39 is 5.97 Å². The van der Waals surface area contributed by atoms with Crippen LogP contribution in [-0.2, 0) is 4.79 Å². The Kier molecular flexibility index (Phi) is 4.13. The molecule has 2 heteroatoms. The van der Waals surface area contributed by atoms with Crippen LogP contribution in [0.2, 0.25) is 0 Å². The number of hydrogen-bond donors (Lipinski definition) is 1. The molecule has 0 saturated heterocycles. The van der Waals surface area contributed by atoms with Crippen molar-refractivity contribution >= 4 is 5.97 Å². The summed E-state index contributed by atoms with van der Waals surface area (Å²) in [5.74, 6) is -0.369. The van der Waals surface area contributed by atoms with Crippen LogP contribution in [0, 0.1) is 11.8 Å². The van der Waals surface area contributed by atoms with Crippen molar-refractivity contribution in [2.75, 3.05) is 0 Å². The highest BCUT2D eigenvalue weighted by Gasteiger charge is 2.18. The van der Waals surface area contributed by atoms with Crippen LogP contribution in [0.3, 0.4) is 0 Å². The first-order valence-corrected chi connectivity index (χ1v) is 5.62. The molecule has 84 valence electrons. The summed E-state index contributed by atoms with van der Waals surface area (Å²) in [6, 6.07) is 0. The van der Waals surface area contributed by atoms with Gasteiger partial charge in [0.05, 0.1) is 5.92 Å². The lowest BCUT2D eigenvalue weighted by atomic mass is 9.87. The van der Waals surface area contributed by atoms with E-state index in [-0.39, 0.29) is 5.92 Å². The molecule has 0 saturated carbocycles. The smallest absolute Gasteiger partial charge is 0.310 e. The van der Waals surface area contributed by atoms with E-state index in [9.17, 15) is 4.79 Å². The van der Waals surface area contributed by atoms with Gasteiger partial charge in [0.25, 0.3) is 0 Å². The second-order valence-electron chi connectivity index (χ2n) is 4.72. The Labute approximate surface area is 91.7 Å². The molecule has 1 unspecified atom stereocenters. The number of carboxylic acids is 1. The SMILES string of the molecule is CC(C)CC1=CC=C(C(C)C(=O)O)CC1. The molecule has 1 rings (SSSR count). The zero-order valence-corrected chi connectivity index (χ0v) is 9.79. The van der Waals surface area contributed by atoms with Crippen molar-refractivity contribution in [3.05, 3.63) is 23.3 Å². The average molecular weight is 208 g/mol. The van der Waals surface area contributed by atoms with E-state index in [4.69, 9.17) is 5.11 Å². The van der Waals surface area contributed by atoms with E-state index >= 15 is 0 Å². The molecule has 1 N–H and O–H groups in total. The van der Waals surface area contributed by atoms with E-state index in [1.807, 2.05) is 6.08 Å². The number of hydrogen-bond acceptors (Lipinski definition) is 1. The van der Waals surface area contributed by atoms with Crippen molar-refractivity contribution in [2.45, 2.75) is 40.0 Å². The predicted molar refractivity (Wildman–Crippen MR) is 61.7 cm³/mol. The zero-order chi connectivity index (χ0) is 11.4. The van der Waals surface area contributed by atoms with Crippen molar-refractivity contribution in [1.29, 1.82) is 0 Å². The molecule has 0 aromatic heterocycles. The number of allylic oxidation sites excluding steroid dienone is 3. The monoisotopic (exact) mass is 208 g/mol. The lowest BCUT2D eigenvalue weighted by molar-refractivity contribution is -0.139. The summed E-state index contributed by atoms with van der Waals surface area (Å²) in [6.45, 7) is 6.18. The molecule has 2 nitrogen and oxygen atoms in total. The third-order valence-electron chi connectivity index (χ3n) is 2.86. The minimum absolute atomic E-state index is 0.332. The van der Waals surface area contributed by atoms with Gasteiger partial charge < -0.3 is 5.11 Å². The summed E-state index contributed by atoms with van der Waals surface area (Å²) in [5, 5.41) is 8.88. The average Bonchev–Trinajstić information content (AvgIpc) is 2.17. The molecule has 0 aliphatic heterocycles. The molecule has 0 radical (unpaired) electrons. The molecule has 0 aromatic carbocycles. The van der Waals surface area contributed by atoms with E-state index in [1.54, 1.807) is 6.92 Å². The number of carboxylic acid groups (broad SMARTS) is 1. The van der Waals surface area contributed by atoms with Gasteiger partial charge in [0, 0.05) is 0 Å². The fourth-order valence-electron chi connectivity index (χ4n) is 1.91. The molecule has 0 aromatic rings. The van der Waals surface area contributed by atoms with Gasteiger partial charge in [0.15, 0.2) is 0 Å². The predicted octanol–water partition coefficient (Wildman–Crippen LogP) is 3.40. The van der Waals surface area contributed by atoms with Gasteiger partial charge in [-0.05, 0) is 32.1 Å². The van der Waals surface area contributed by atoms with Gasteiger partial charge in [-0.2, -0.15) is 0 Å². The Bertz CT molecular complexity index is 298. The highest BCUT2D eigenvalue weighted by atomic mass is 16.4. The Balaban J connectivity index is 2.63. The van der Waals surface area contributed by atoms with Crippen molar-refractivity contribution in [3.63, 3.8) is 0 Å². The van der Waals surface area contributed by atoms with Crippen molar-refractivity contribution in [3.8, 4) is 0 Å². The van der Waals surface area contributed by atoms with E-state index in [1.165, 1.54) is 5.57 Å². The molecule has 0 heterocycles. The quantitative estimate of drug-likeness (QED) is 0.768. The van der Waals surface area contributed by atoms with Crippen LogP contribution in [0.25, 0.3) is 0 Å². The van der Waals surface area contributed by atoms with Gasteiger partial charge >= 0.3 is 5.97 Å². The van der Waals surface area contributed by atoms with Gasteiger partial charge in [-0.15, -0.1) is 0 Å². The highest BCUT2D eigenvalue weighted by molar-refractivity contribution is 5.73. The van der Waals surface area contributed by atoms with Crippen LogP contribution in [-0.4, -0.2) is 11.1 Å². The molecule has 15 heavy (non-hydrogen) atoms. The molecule has 0 spiro atoms. The standard InChI is InChI=1S/C13H20O2/c1-9(2)8-11-4-6-12(7-5-11)10(3)13(14)15/h4,6,9-10H,5,7-8H2,1-3H3,(H,14,15). The lowest BCUT2D eigenvalue weighted by Gasteiger charge is -2.18. The van der Waals surface area contributed by atoms with Gasteiger partial charge in [-0.3, -0.25) is 4.79 Å². The minimum atomic E-state index is -0.720. The summed E-state index contributed by atoms with van der Waals surface area (Å²) in [5.41, 5.74) is 2.50. The normalized spacial score (nSPS) is 18.4. The first kappa shape index (κ1) is 12.0. The van der Waals surface area contributed by atoms with E-state index in [0.29, 0.717) is 5.92 Å². The molecule has 1 atom stereocenters. The first-order chi connectivity index (χ1) is 7.00. The largest absolute Gasteiger partial charge is 0.481 e. The minimum Gasteiger partial charge on any atom is -0.481 e. The summed E-state index contributed by atoms with van der Waals surface area (Å²) < 4.78 is 0. The van der Waals surface area contributed by atoms with Crippen molar-refractivity contribution < 1.29 is 9.90 Å². The molecule has 0 fully saturated rings. The highest BCUT2D eigenvalue weighted by Crippen LogP contribution is 2.27. The Morgan fingerprint density at radius 1 is 1.33 bits per heavy atom. The fourth-order valence-corrected chi connectivity index (χ4v) is 1.91. The van der Waals surface area contributed by atoms with Gasteiger partial charge in [0.2, 0.25) is 0 Å². The third-order valence-corrected chi connectivity index (χ3v) is 2.86. The molecule has 1 aliphatic carbocycles. The Morgan fingerprint density at radius 3 is 2.40 bits per heavy atom. The number of rotatable bonds is 4. The Morgan fingerprint density at radius 2 is 2.00 bits per heavy atom. The second-order valence-corrected chi connectivity index (χ2v) is 4.72. The lowest BCUT2D eigenvalue weighted by Crippen LogP contribution is -2.13. The maximum atomic E-state index is 10.8.